The van der Waals surface area contributed by atoms with Gasteiger partial charge in [-0.2, -0.15) is 5.26 Å². The van der Waals surface area contributed by atoms with Crippen LogP contribution in [0.1, 0.15) is 22.9 Å². The summed E-state index contributed by atoms with van der Waals surface area (Å²) in [5.41, 5.74) is 1.65. The summed E-state index contributed by atoms with van der Waals surface area (Å²) in [6.45, 7) is 4.69. The number of aliphatic hydroxyl groups excluding tert-OH is 1. The van der Waals surface area contributed by atoms with Crippen molar-refractivity contribution >= 4 is 11.3 Å². The maximum atomic E-state index is 10.4. The van der Waals surface area contributed by atoms with Crippen molar-refractivity contribution in [2.24, 2.45) is 0 Å². The SMILES string of the molecule is CCN(Cc1ccc(OCc2cccs2)c(OC)c1)CC(O)COc1ccc(C#N)cc1. The Morgan fingerprint density at radius 1 is 1.09 bits per heavy atom. The smallest absolute Gasteiger partial charge is 0.161 e. The summed E-state index contributed by atoms with van der Waals surface area (Å²) >= 11 is 1.66. The Morgan fingerprint density at radius 3 is 2.56 bits per heavy atom. The number of likely N-dealkylation sites (N-methyl/N-ethyl adjacent to an activating group) is 1. The zero-order valence-electron chi connectivity index (χ0n) is 18.4. The molecule has 3 rings (SSSR count). The van der Waals surface area contributed by atoms with E-state index in [0.29, 0.717) is 42.5 Å². The first-order valence-corrected chi connectivity index (χ1v) is 11.3. The molecule has 0 spiro atoms. The van der Waals surface area contributed by atoms with Gasteiger partial charge < -0.3 is 19.3 Å². The molecule has 0 saturated carbocycles. The van der Waals surface area contributed by atoms with E-state index in [-0.39, 0.29) is 6.61 Å². The molecule has 0 aliphatic carbocycles. The molecular formula is C25H28N2O4S. The van der Waals surface area contributed by atoms with Crippen LogP contribution in [0.2, 0.25) is 0 Å². The Hall–Kier alpha value is -3.05. The largest absolute Gasteiger partial charge is 0.493 e. The summed E-state index contributed by atoms with van der Waals surface area (Å²) in [5, 5.41) is 21.3. The fraction of sp³-hybridized carbons (Fsp3) is 0.320. The fourth-order valence-corrected chi connectivity index (χ4v) is 3.82. The van der Waals surface area contributed by atoms with Crippen molar-refractivity contribution in [3.05, 3.63) is 76.0 Å². The van der Waals surface area contributed by atoms with Crippen LogP contribution in [0.25, 0.3) is 0 Å². The third kappa shape index (κ3) is 6.99. The molecule has 1 N–H and O–H groups in total. The molecule has 1 atom stereocenters. The average Bonchev–Trinajstić information content (AvgIpc) is 3.35. The van der Waals surface area contributed by atoms with Crippen molar-refractivity contribution in [2.75, 3.05) is 26.8 Å². The Bertz CT molecular complexity index is 1000. The van der Waals surface area contributed by atoms with E-state index in [0.717, 1.165) is 17.0 Å². The van der Waals surface area contributed by atoms with Gasteiger partial charge in [0.05, 0.1) is 18.7 Å². The lowest BCUT2D eigenvalue weighted by Gasteiger charge is -2.24. The van der Waals surface area contributed by atoms with Crippen LogP contribution in [-0.2, 0) is 13.2 Å². The lowest BCUT2D eigenvalue weighted by Crippen LogP contribution is -2.35. The molecule has 32 heavy (non-hydrogen) atoms. The van der Waals surface area contributed by atoms with Crippen LogP contribution < -0.4 is 14.2 Å². The molecule has 0 bridgehead atoms. The molecule has 3 aromatic rings. The highest BCUT2D eigenvalue weighted by Crippen LogP contribution is 2.29. The molecule has 2 aromatic carbocycles. The Morgan fingerprint density at radius 2 is 1.91 bits per heavy atom. The number of nitrogens with zero attached hydrogens (tertiary/aromatic N) is 2. The number of nitriles is 1. The number of hydrogen-bond donors (Lipinski definition) is 1. The summed E-state index contributed by atoms with van der Waals surface area (Å²) in [7, 11) is 1.64. The molecule has 6 nitrogen and oxygen atoms in total. The van der Waals surface area contributed by atoms with Gasteiger partial charge in [0, 0.05) is 18.0 Å². The highest BCUT2D eigenvalue weighted by Gasteiger charge is 2.14. The monoisotopic (exact) mass is 452 g/mol. The maximum absolute atomic E-state index is 10.4. The summed E-state index contributed by atoms with van der Waals surface area (Å²) in [4.78, 5) is 3.30. The van der Waals surface area contributed by atoms with Crippen molar-refractivity contribution in [2.45, 2.75) is 26.2 Å². The third-order valence-corrected chi connectivity index (χ3v) is 5.78. The van der Waals surface area contributed by atoms with E-state index >= 15 is 0 Å². The van der Waals surface area contributed by atoms with Crippen LogP contribution in [0.3, 0.4) is 0 Å². The molecule has 0 radical (unpaired) electrons. The van der Waals surface area contributed by atoms with Crippen molar-refractivity contribution in [1.82, 2.24) is 4.90 Å². The van der Waals surface area contributed by atoms with Gasteiger partial charge in [-0.3, -0.25) is 4.90 Å². The van der Waals surface area contributed by atoms with Gasteiger partial charge in [-0.25, -0.2) is 0 Å². The van der Waals surface area contributed by atoms with Crippen LogP contribution >= 0.6 is 11.3 Å². The number of benzene rings is 2. The minimum absolute atomic E-state index is 0.182. The molecule has 1 heterocycles. The zero-order valence-corrected chi connectivity index (χ0v) is 19.2. The first-order chi connectivity index (χ1) is 15.6. The number of thiophene rings is 1. The maximum Gasteiger partial charge on any atom is 0.161 e. The Balaban J connectivity index is 1.52. The van der Waals surface area contributed by atoms with E-state index < -0.39 is 6.10 Å². The van der Waals surface area contributed by atoms with E-state index in [1.165, 1.54) is 0 Å². The summed E-state index contributed by atoms with van der Waals surface area (Å²) in [5.74, 6) is 2.04. The van der Waals surface area contributed by atoms with E-state index in [4.69, 9.17) is 19.5 Å². The van der Waals surface area contributed by atoms with E-state index in [9.17, 15) is 5.11 Å². The third-order valence-electron chi connectivity index (χ3n) is 4.93. The number of rotatable bonds is 12. The van der Waals surface area contributed by atoms with Crippen LogP contribution in [-0.4, -0.2) is 42.9 Å². The normalized spacial score (nSPS) is 11.7. The average molecular weight is 453 g/mol. The molecule has 0 fully saturated rings. The number of ether oxygens (including phenoxy) is 3. The Kier molecular flexibility index (Phi) is 8.93. The zero-order chi connectivity index (χ0) is 22.8. The summed E-state index contributed by atoms with van der Waals surface area (Å²) in [6, 6.07) is 18.9. The topological polar surface area (TPSA) is 75.0 Å². The van der Waals surface area contributed by atoms with Crippen LogP contribution in [0, 0.1) is 11.3 Å². The lowest BCUT2D eigenvalue weighted by atomic mass is 10.1. The van der Waals surface area contributed by atoms with Gasteiger partial charge in [0.25, 0.3) is 0 Å². The predicted octanol–water partition coefficient (Wildman–Crippen LogP) is 4.47. The van der Waals surface area contributed by atoms with Crippen molar-refractivity contribution in [1.29, 1.82) is 5.26 Å². The summed E-state index contributed by atoms with van der Waals surface area (Å²) < 4.78 is 17.1. The van der Waals surface area contributed by atoms with Gasteiger partial charge in [0.15, 0.2) is 11.5 Å². The second-order valence-corrected chi connectivity index (χ2v) is 8.31. The van der Waals surface area contributed by atoms with Crippen molar-refractivity contribution in [3.8, 4) is 23.3 Å². The van der Waals surface area contributed by atoms with Crippen LogP contribution in [0.5, 0.6) is 17.2 Å². The van der Waals surface area contributed by atoms with Crippen LogP contribution in [0.15, 0.2) is 60.0 Å². The van der Waals surface area contributed by atoms with Gasteiger partial charge in [-0.1, -0.05) is 19.1 Å². The van der Waals surface area contributed by atoms with Gasteiger partial charge in [-0.05, 0) is 60.0 Å². The highest BCUT2D eigenvalue weighted by atomic mass is 32.1. The molecule has 0 amide bonds. The predicted molar refractivity (Wildman–Crippen MR) is 125 cm³/mol. The number of aliphatic hydroxyl groups is 1. The molecule has 1 unspecified atom stereocenters. The fourth-order valence-electron chi connectivity index (χ4n) is 3.21. The lowest BCUT2D eigenvalue weighted by molar-refractivity contribution is 0.0674. The van der Waals surface area contributed by atoms with Crippen molar-refractivity contribution in [3.63, 3.8) is 0 Å². The molecule has 0 aliphatic rings. The standard InChI is InChI=1S/C25H28N2O4S/c1-3-27(16-21(28)17-30-22-9-6-19(14-26)7-10-22)15-20-8-11-24(25(13-20)29-2)31-18-23-5-4-12-32-23/h4-13,21,28H,3,15-18H2,1-2H3. The van der Waals surface area contributed by atoms with Gasteiger partial charge in [0.2, 0.25) is 0 Å². The number of methoxy groups -OCH3 is 1. The first kappa shape index (κ1) is 23.6. The second kappa shape index (κ2) is 12.1. The quantitative estimate of drug-likeness (QED) is 0.437. The molecule has 0 aliphatic heterocycles. The first-order valence-electron chi connectivity index (χ1n) is 10.5. The molecular weight excluding hydrogens is 424 g/mol. The molecule has 7 heteroatoms. The summed E-state index contributed by atoms with van der Waals surface area (Å²) in [6.07, 6.45) is -0.638. The van der Waals surface area contributed by atoms with Gasteiger partial charge >= 0.3 is 0 Å². The molecule has 168 valence electrons. The molecule has 0 saturated heterocycles. The van der Waals surface area contributed by atoms with E-state index in [1.807, 2.05) is 35.7 Å². The minimum Gasteiger partial charge on any atom is -0.493 e. The highest BCUT2D eigenvalue weighted by molar-refractivity contribution is 7.09. The Labute approximate surface area is 193 Å². The van der Waals surface area contributed by atoms with Gasteiger partial charge in [-0.15, -0.1) is 11.3 Å². The van der Waals surface area contributed by atoms with E-state index in [2.05, 4.69) is 17.9 Å². The number of hydrogen-bond acceptors (Lipinski definition) is 7. The minimum atomic E-state index is -0.638. The second-order valence-electron chi connectivity index (χ2n) is 7.28. The van der Waals surface area contributed by atoms with Gasteiger partial charge in [0.1, 0.15) is 25.1 Å². The van der Waals surface area contributed by atoms with Crippen molar-refractivity contribution < 1.29 is 19.3 Å². The molecule has 1 aromatic heterocycles. The van der Waals surface area contributed by atoms with E-state index in [1.54, 1.807) is 42.7 Å². The van der Waals surface area contributed by atoms with Crippen LogP contribution in [0.4, 0.5) is 0 Å².